The highest BCUT2D eigenvalue weighted by Crippen LogP contribution is 2.39. The van der Waals surface area contributed by atoms with Crippen LogP contribution in [0.3, 0.4) is 0 Å². The Morgan fingerprint density at radius 3 is 2.53 bits per heavy atom. The summed E-state index contributed by atoms with van der Waals surface area (Å²) in [6.07, 6.45) is 6.05. The number of anilines is 1. The summed E-state index contributed by atoms with van der Waals surface area (Å²) in [6, 6.07) is 6.41. The second-order valence-electron chi connectivity index (χ2n) is 8.70. The Morgan fingerprint density at radius 2 is 1.83 bits per heavy atom. The fourth-order valence-corrected chi connectivity index (χ4v) is 4.79. The van der Waals surface area contributed by atoms with Crippen molar-refractivity contribution >= 4 is 16.7 Å². The molecule has 6 heteroatoms. The lowest BCUT2D eigenvalue weighted by Crippen LogP contribution is -2.29. The van der Waals surface area contributed by atoms with E-state index in [0.717, 1.165) is 48.9 Å². The van der Waals surface area contributed by atoms with Crippen LogP contribution < -0.4 is 14.8 Å². The molecule has 2 fully saturated rings. The third-order valence-electron chi connectivity index (χ3n) is 6.62. The summed E-state index contributed by atoms with van der Waals surface area (Å²) < 4.78 is 11.9. The number of nitrogens with zero attached hydrogens (tertiary/aromatic N) is 3. The van der Waals surface area contributed by atoms with Crippen molar-refractivity contribution in [2.75, 3.05) is 65.9 Å². The van der Waals surface area contributed by atoms with Crippen LogP contribution >= 0.6 is 0 Å². The maximum atomic E-state index is 6.15. The van der Waals surface area contributed by atoms with E-state index in [1.54, 1.807) is 7.11 Å². The van der Waals surface area contributed by atoms with Crippen molar-refractivity contribution in [3.63, 3.8) is 0 Å². The van der Waals surface area contributed by atoms with Crippen molar-refractivity contribution in [2.24, 2.45) is 0 Å². The molecule has 2 aliphatic rings. The van der Waals surface area contributed by atoms with Crippen molar-refractivity contribution in [1.29, 1.82) is 0 Å². The van der Waals surface area contributed by atoms with Gasteiger partial charge in [0.25, 0.3) is 0 Å². The van der Waals surface area contributed by atoms with Gasteiger partial charge in [0.1, 0.15) is 5.82 Å². The molecule has 0 amide bonds. The predicted octanol–water partition coefficient (Wildman–Crippen LogP) is 3.96. The third kappa shape index (κ3) is 4.81. The molecule has 0 bridgehead atoms. The largest absolute Gasteiger partial charge is 0.493 e. The molecule has 3 heterocycles. The predicted molar refractivity (Wildman–Crippen MR) is 123 cm³/mol. The number of aromatic nitrogens is 1. The number of likely N-dealkylation sites (tertiary alicyclic amines) is 2. The van der Waals surface area contributed by atoms with E-state index in [-0.39, 0.29) is 0 Å². The van der Waals surface area contributed by atoms with E-state index in [2.05, 4.69) is 40.4 Å². The number of benzene rings is 1. The van der Waals surface area contributed by atoms with Gasteiger partial charge in [0.05, 0.1) is 19.2 Å². The van der Waals surface area contributed by atoms with E-state index >= 15 is 0 Å². The Morgan fingerprint density at radius 1 is 1.07 bits per heavy atom. The van der Waals surface area contributed by atoms with E-state index in [4.69, 9.17) is 14.5 Å². The number of nitrogens with one attached hydrogen (secondary N) is 1. The second-order valence-corrected chi connectivity index (χ2v) is 8.70. The first-order valence-corrected chi connectivity index (χ1v) is 11.4. The zero-order valence-electron chi connectivity index (χ0n) is 18.7. The Kier molecular flexibility index (Phi) is 6.95. The first-order chi connectivity index (χ1) is 14.7. The SMILES string of the molecule is CNc1cc(C2CCN(C)CC2)c2cc(OC)c(OCCCN3CCCC3)cc2n1. The molecule has 0 atom stereocenters. The summed E-state index contributed by atoms with van der Waals surface area (Å²) in [6.45, 7) is 6.55. The number of hydrogen-bond donors (Lipinski definition) is 1. The van der Waals surface area contributed by atoms with Crippen LogP contribution in [0.2, 0.25) is 0 Å². The Hall–Kier alpha value is -2.05. The monoisotopic (exact) mass is 412 g/mol. The van der Waals surface area contributed by atoms with Gasteiger partial charge in [-0.25, -0.2) is 4.98 Å². The van der Waals surface area contributed by atoms with Gasteiger partial charge in [-0.2, -0.15) is 0 Å². The molecule has 1 aromatic carbocycles. The van der Waals surface area contributed by atoms with Gasteiger partial charge in [-0.3, -0.25) is 0 Å². The molecule has 30 heavy (non-hydrogen) atoms. The average Bonchev–Trinajstić information content (AvgIpc) is 3.29. The van der Waals surface area contributed by atoms with Gasteiger partial charge < -0.3 is 24.6 Å². The van der Waals surface area contributed by atoms with Crippen LogP contribution in [-0.4, -0.2) is 75.3 Å². The molecule has 4 rings (SSSR count). The average molecular weight is 413 g/mol. The van der Waals surface area contributed by atoms with Crippen molar-refractivity contribution in [3.8, 4) is 11.5 Å². The van der Waals surface area contributed by atoms with E-state index < -0.39 is 0 Å². The summed E-state index contributed by atoms with van der Waals surface area (Å²) in [5.74, 6) is 3.07. The molecule has 164 valence electrons. The lowest BCUT2D eigenvalue weighted by molar-refractivity contribution is 0.254. The zero-order chi connectivity index (χ0) is 20.9. The minimum atomic E-state index is 0.552. The summed E-state index contributed by atoms with van der Waals surface area (Å²) in [7, 11) is 5.87. The van der Waals surface area contributed by atoms with Crippen LogP contribution in [0, 0.1) is 0 Å². The van der Waals surface area contributed by atoms with E-state index in [1.807, 2.05) is 7.05 Å². The standard InChI is InChI=1S/C24H36N4O2/c1-25-24-16-19(18-7-12-27(2)13-8-18)20-15-22(29-3)23(17-21(20)26-24)30-14-6-11-28-9-4-5-10-28/h15-18H,4-14H2,1-3H3,(H,25,26). The van der Waals surface area contributed by atoms with Crippen molar-refractivity contribution < 1.29 is 9.47 Å². The molecule has 0 saturated carbocycles. The summed E-state index contributed by atoms with van der Waals surface area (Å²) >= 11 is 0. The van der Waals surface area contributed by atoms with Crippen LogP contribution in [0.5, 0.6) is 11.5 Å². The number of pyridine rings is 1. The van der Waals surface area contributed by atoms with Crippen LogP contribution in [-0.2, 0) is 0 Å². The molecule has 0 unspecified atom stereocenters. The Balaban J connectivity index is 1.56. The topological polar surface area (TPSA) is 49.9 Å². The van der Waals surface area contributed by atoms with E-state index in [0.29, 0.717) is 12.5 Å². The molecule has 2 saturated heterocycles. The first-order valence-electron chi connectivity index (χ1n) is 11.4. The van der Waals surface area contributed by atoms with Gasteiger partial charge in [0, 0.05) is 25.0 Å². The number of methoxy groups -OCH3 is 1. The van der Waals surface area contributed by atoms with Crippen molar-refractivity contribution in [1.82, 2.24) is 14.8 Å². The fraction of sp³-hybridized carbons (Fsp3) is 0.625. The van der Waals surface area contributed by atoms with E-state index in [1.165, 1.54) is 49.7 Å². The lowest BCUT2D eigenvalue weighted by Gasteiger charge is -2.30. The second kappa shape index (κ2) is 9.84. The van der Waals surface area contributed by atoms with Gasteiger partial charge >= 0.3 is 0 Å². The first kappa shape index (κ1) is 21.2. The molecular weight excluding hydrogens is 376 g/mol. The van der Waals surface area contributed by atoms with Gasteiger partial charge in [-0.15, -0.1) is 0 Å². The minimum absolute atomic E-state index is 0.552. The Bertz CT molecular complexity index is 843. The normalized spacial score (nSPS) is 18.8. The van der Waals surface area contributed by atoms with Crippen molar-refractivity contribution in [3.05, 3.63) is 23.8 Å². The maximum absolute atomic E-state index is 6.15. The van der Waals surface area contributed by atoms with Crippen LogP contribution in [0.1, 0.15) is 43.6 Å². The number of hydrogen-bond acceptors (Lipinski definition) is 6. The number of fused-ring (bicyclic) bond motifs is 1. The van der Waals surface area contributed by atoms with Crippen LogP contribution in [0.15, 0.2) is 18.2 Å². The minimum Gasteiger partial charge on any atom is -0.493 e. The summed E-state index contributed by atoms with van der Waals surface area (Å²) in [5, 5.41) is 4.42. The molecular formula is C24H36N4O2. The maximum Gasteiger partial charge on any atom is 0.163 e. The van der Waals surface area contributed by atoms with Gasteiger partial charge in [0.15, 0.2) is 11.5 Å². The van der Waals surface area contributed by atoms with Gasteiger partial charge in [0.2, 0.25) is 0 Å². The van der Waals surface area contributed by atoms with Crippen LogP contribution in [0.25, 0.3) is 10.9 Å². The highest BCUT2D eigenvalue weighted by Gasteiger charge is 2.22. The highest BCUT2D eigenvalue weighted by atomic mass is 16.5. The molecule has 1 aromatic heterocycles. The molecule has 0 aliphatic carbocycles. The quantitative estimate of drug-likeness (QED) is 0.663. The molecule has 2 aliphatic heterocycles. The molecule has 2 aromatic rings. The molecule has 6 nitrogen and oxygen atoms in total. The summed E-state index contributed by atoms with van der Waals surface area (Å²) in [4.78, 5) is 9.76. The third-order valence-corrected chi connectivity index (χ3v) is 6.62. The van der Waals surface area contributed by atoms with Gasteiger partial charge in [-0.05, 0) is 88.9 Å². The Labute approximate surface area is 180 Å². The van der Waals surface area contributed by atoms with Crippen molar-refractivity contribution in [2.45, 2.75) is 38.0 Å². The van der Waals surface area contributed by atoms with Gasteiger partial charge in [-0.1, -0.05) is 0 Å². The number of piperidine rings is 1. The summed E-state index contributed by atoms with van der Waals surface area (Å²) in [5.41, 5.74) is 2.35. The van der Waals surface area contributed by atoms with Crippen LogP contribution in [0.4, 0.5) is 5.82 Å². The molecule has 0 spiro atoms. The highest BCUT2D eigenvalue weighted by molar-refractivity contribution is 5.88. The number of rotatable bonds is 8. The number of ether oxygens (including phenoxy) is 2. The zero-order valence-corrected chi connectivity index (χ0v) is 18.7. The molecule has 0 radical (unpaired) electrons. The van der Waals surface area contributed by atoms with E-state index in [9.17, 15) is 0 Å². The molecule has 1 N–H and O–H groups in total. The lowest BCUT2D eigenvalue weighted by atomic mass is 9.87. The smallest absolute Gasteiger partial charge is 0.163 e. The fourth-order valence-electron chi connectivity index (χ4n) is 4.79.